The molecule has 27 heavy (non-hydrogen) atoms. The molecule has 0 saturated carbocycles. The fraction of sp³-hybridized carbons (Fsp3) is 0.273. The second kappa shape index (κ2) is 7.74. The monoisotopic (exact) mass is 367 g/mol. The van der Waals surface area contributed by atoms with E-state index in [1.807, 2.05) is 31.2 Å². The summed E-state index contributed by atoms with van der Waals surface area (Å²) in [7, 11) is 1.33. The predicted octanol–water partition coefficient (Wildman–Crippen LogP) is 4.10. The summed E-state index contributed by atoms with van der Waals surface area (Å²) in [5, 5.41) is 0. The maximum atomic E-state index is 14.1. The first-order chi connectivity index (χ1) is 12.9. The van der Waals surface area contributed by atoms with Crippen LogP contribution in [0.1, 0.15) is 36.0 Å². The van der Waals surface area contributed by atoms with E-state index < -0.39 is 5.97 Å². The van der Waals surface area contributed by atoms with E-state index in [1.54, 1.807) is 25.1 Å². The first-order valence-corrected chi connectivity index (χ1v) is 8.81. The second-order valence-corrected chi connectivity index (χ2v) is 6.73. The Morgan fingerprint density at radius 1 is 1.19 bits per heavy atom. The number of nitrogens with zero attached hydrogens (tertiary/aromatic N) is 1. The van der Waals surface area contributed by atoms with Gasteiger partial charge in [-0.2, -0.15) is 0 Å². The number of carbonyl (C=O) groups excluding carboxylic acids is 2. The molecule has 1 atom stereocenters. The Labute approximate surface area is 158 Å². The Morgan fingerprint density at radius 3 is 2.59 bits per heavy atom. The van der Waals surface area contributed by atoms with Crippen molar-refractivity contribution in [1.29, 1.82) is 0 Å². The standard InChI is InChI=1S/C22H22FNO3/c1-14-7-6-9-16(11-14)18-12-20(25)24(15(2)21(18)22(26)27-3)13-17-8-4-5-10-19(17)23/h4-11,18H,12-13H2,1-3H3/t18-/m1/s1. The summed E-state index contributed by atoms with van der Waals surface area (Å²) in [5.41, 5.74) is 3.31. The number of carbonyl (C=O) groups is 2. The highest BCUT2D eigenvalue weighted by molar-refractivity contribution is 5.95. The fourth-order valence-electron chi connectivity index (χ4n) is 3.55. The van der Waals surface area contributed by atoms with Crippen LogP contribution in [0.2, 0.25) is 0 Å². The Morgan fingerprint density at radius 2 is 1.93 bits per heavy atom. The summed E-state index contributed by atoms with van der Waals surface area (Å²) in [6.07, 6.45) is 0.139. The summed E-state index contributed by atoms with van der Waals surface area (Å²) < 4.78 is 19.1. The molecule has 0 bridgehead atoms. The van der Waals surface area contributed by atoms with Gasteiger partial charge in [0.2, 0.25) is 5.91 Å². The van der Waals surface area contributed by atoms with E-state index in [9.17, 15) is 14.0 Å². The maximum Gasteiger partial charge on any atom is 0.336 e. The van der Waals surface area contributed by atoms with Gasteiger partial charge in [0, 0.05) is 23.6 Å². The highest BCUT2D eigenvalue weighted by atomic mass is 19.1. The maximum absolute atomic E-state index is 14.1. The van der Waals surface area contributed by atoms with Crippen molar-refractivity contribution >= 4 is 11.9 Å². The number of hydrogen-bond donors (Lipinski definition) is 0. The molecule has 0 aliphatic carbocycles. The van der Waals surface area contributed by atoms with E-state index in [-0.39, 0.29) is 30.6 Å². The number of rotatable bonds is 4. The van der Waals surface area contributed by atoms with Crippen LogP contribution in [0.25, 0.3) is 0 Å². The molecular weight excluding hydrogens is 345 g/mol. The van der Waals surface area contributed by atoms with Gasteiger partial charge in [-0.05, 0) is 25.5 Å². The first-order valence-electron chi connectivity index (χ1n) is 8.81. The number of esters is 1. The third-order valence-corrected chi connectivity index (χ3v) is 4.96. The molecule has 0 fully saturated rings. The molecule has 4 nitrogen and oxygen atoms in total. The lowest BCUT2D eigenvalue weighted by molar-refractivity contribution is -0.138. The van der Waals surface area contributed by atoms with Gasteiger partial charge in [-0.1, -0.05) is 48.0 Å². The van der Waals surface area contributed by atoms with Crippen LogP contribution >= 0.6 is 0 Å². The molecule has 0 spiro atoms. The van der Waals surface area contributed by atoms with Crippen molar-refractivity contribution in [3.8, 4) is 0 Å². The van der Waals surface area contributed by atoms with E-state index in [2.05, 4.69) is 0 Å². The molecule has 1 aliphatic heterocycles. The number of amides is 1. The number of benzene rings is 2. The minimum Gasteiger partial charge on any atom is -0.466 e. The van der Waals surface area contributed by atoms with Gasteiger partial charge in [-0.25, -0.2) is 9.18 Å². The molecule has 0 aromatic heterocycles. The largest absolute Gasteiger partial charge is 0.466 e. The number of aryl methyl sites for hydroxylation is 1. The normalized spacial score (nSPS) is 17.3. The predicted molar refractivity (Wildman–Crippen MR) is 100 cm³/mol. The minimum absolute atomic E-state index is 0.0817. The molecular formula is C22H22FNO3. The number of allylic oxidation sites excluding steroid dienone is 1. The van der Waals surface area contributed by atoms with Gasteiger partial charge < -0.3 is 9.64 Å². The highest BCUT2D eigenvalue weighted by Gasteiger charge is 2.36. The van der Waals surface area contributed by atoms with Crippen molar-refractivity contribution in [3.05, 3.63) is 82.3 Å². The first kappa shape index (κ1) is 18.8. The molecule has 3 rings (SSSR count). The van der Waals surface area contributed by atoms with Crippen molar-refractivity contribution < 1.29 is 18.7 Å². The van der Waals surface area contributed by atoms with Crippen molar-refractivity contribution in [2.45, 2.75) is 32.7 Å². The minimum atomic E-state index is -0.468. The second-order valence-electron chi connectivity index (χ2n) is 6.73. The van der Waals surface area contributed by atoms with Gasteiger partial charge in [0.05, 0.1) is 19.2 Å². The Balaban J connectivity index is 2.05. The van der Waals surface area contributed by atoms with Crippen LogP contribution in [0.15, 0.2) is 59.8 Å². The van der Waals surface area contributed by atoms with Gasteiger partial charge in [0.15, 0.2) is 0 Å². The fourth-order valence-corrected chi connectivity index (χ4v) is 3.55. The molecule has 1 amide bonds. The molecule has 5 heteroatoms. The van der Waals surface area contributed by atoms with Crippen molar-refractivity contribution in [3.63, 3.8) is 0 Å². The van der Waals surface area contributed by atoms with Crippen LogP contribution in [-0.4, -0.2) is 23.9 Å². The molecule has 0 N–H and O–H groups in total. The SMILES string of the molecule is COC(=O)C1=C(C)N(Cc2ccccc2F)C(=O)C[C@@H]1c1cccc(C)c1. The molecule has 0 radical (unpaired) electrons. The lowest BCUT2D eigenvalue weighted by atomic mass is 9.83. The van der Waals surface area contributed by atoms with Crippen molar-refractivity contribution in [2.24, 2.45) is 0 Å². The molecule has 2 aromatic rings. The van der Waals surface area contributed by atoms with Crippen molar-refractivity contribution in [2.75, 3.05) is 7.11 Å². The molecule has 0 saturated heterocycles. The molecule has 2 aromatic carbocycles. The summed E-state index contributed by atoms with van der Waals surface area (Å²) in [5.74, 6) is -1.36. The summed E-state index contributed by atoms with van der Waals surface area (Å²) >= 11 is 0. The van der Waals surface area contributed by atoms with Gasteiger partial charge in [-0.15, -0.1) is 0 Å². The van der Waals surface area contributed by atoms with Crippen LogP contribution in [0.4, 0.5) is 4.39 Å². The summed E-state index contributed by atoms with van der Waals surface area (Å²) in [6.45, 7) is 3.76. The van der Waals surface area contributed by atoms with Crippen LogP contribution in [0.3, 0.4) is 0 Å². The topological polar surface area (TPSA) is 46.6 Å². The summed E-state index contributed by atoms with van der Waals surface area (Å²) in [4.78, 5) is 26.9. The zero-order chi connectivity index (χ0) is 19.6. The number of hydrogen-bond acceptors (Lipinski definition) is 3. The van der Waals surface area contributed by atoms with Crippen LogP contribution < -0.4 is 0 Å². The molecule has 1 aliphatic rings. The lowest BCUT2D eigenvalue weighted by Crippen LogP contribution is -2.38. The molecule has 1 heterocycles. The zero-order valence-corrected chi connectivity index (χ0v) is 15.7. The van der Waals surface area contributed by atoms with Gasteiger partial charge in [-0.3, -0.25) is 4.79 Å². The third kappa shape index (κ3) is 3.77. The van der Waals surface area contributed by atoms with Gasteiger partial charge in [0.25, 0.3) is 0 Å². The van der Waals surface area contributed by atoms with Crippen LogP contribution in [0.5, 0.6) is 0 Å². The Kier molecular flexibility index (Phi) is 5.40. The Hall–Kier alpha value is -2.95. The average Bonchev–Trinajstić information content (AvgIpc) is 2.65. The summed E-state index contributed by atoms with van der Waals surface area (Å²) in [6, 6.07) is 14.1. The number of methoxy groups -OCH3 is 1. The third-order valence-electron chi connectivity index (χ3n) is 4.96. The highest BCUT2D eigenvalue weighted by Crippen LogP contribution is 2.38. The van der Waals surface area contributed by atoms with E-state index in [4.69, 9.17) is 4.74 Å². The Bertz CT molecular complexity index is 919. The van der Waals surface area contributed by atoms with Crippen LogP contribution in [-0.2, 0) is 20.9 Å². The van der Waals surface area contributed by atoms with E-state index in [0.717, 1.165) is 11.1 Å². The van der Waals surface area contributed by atoms with E-state index >= 15 is 0 Å². The lowest BCUT2D eigenvalue weighted by Gasteiger charge is -2.34. The molecule has 140 valence electrons. The number of ether oxygens (including phenoxy) is 1. The van der Waals surface area contributed by atoms with Crippen molar-refractivity contribution in [1.82, 2.24) is 4.90 Å². The van der Waals surface area contributed by atoms with Gasteiger partial charge in [0.1, 0.15) is 5.82 Å². The van der Waals surface area contributed by atoms with E-state index in [0.29, 0.717) is 16.8 Å². The quantitative estimate of drug-likeness (QED) is 0.765. The van der Waals surface area contributed by atoms with Gasteiger partial charge >= 0.3 is 5.97 Å². The van der Waals surface area contributed by atoms with Crippen LogP contribution in [0, 0.1) is 12.7 Å². The molecule has 0 unspecified atom stereocenters. The zero-order valence-electron chi connectivity index (χ0n) is 15.7. The average molecular weight is 367 g/mol. The smallest absolute Gasteiger partial charge is 0.336 e. The van der Waals surface area contributed by atoms with E-state index in [1.165, 1.54) is 18.1 Å². The number of halogens is 1.